The topological polar surface area (TPSA) is 69.7 Å². The Hall–Kier alpha value is -1.43. The minimum absolute atomic E-state index is 0.00936. The van der Waals surface area contributed by atoms with E-state index < -0.39 is 0 Å². The lowest BCUT2D eigenvalue weighted by Gasteiger charge is -2.32. The Morgan fingerprint density at radius 3 is 1.94 bits per heavy atom. The number of amides is 2. The molecule has 2 aliphatic heterocycles. The highest BCUT2D eigenvalue weighted by atomic mass is 16.2. The summed E-state index contributed by atoms with van der Waals surface area (Å²) in [6.07, 6.45) is 7.82. The van der Waals surface area contributed by atoms with Crippen LogP contribution in [0.25, 0.3) is 0 Å². The van der Waals surface area contributed by atoms with Gasteiger partial charge in [-0.15, -0.1) is 0 Å². The first-order valence-corrected chi connectivity index (χ1v) is 12.8. The maximum Gasteiger partial charge on any atom is 0.237 e. The highest BCUT2D eigenvalue weighted by Crippen LogP contribution is 2.31. The normalized spacial score (nSPS) is 21.9. The van der Waals surface area contributed by atoms with Crippen LogP contribution >= 0.6 is 0 Å². The second kappa shape index (κ2) is 11.6. The SMILES string of the molecule is CCCC(C)(C)CC(=O)N1CCCC1C(=O)C1CCCN1C(=O)CNCCC(C)(C)CC. The van der Waals surface area contributed by atoms with Gasteiger partial charge in [-0.1, -0.05) is 54.4 Å². The summed E-state index contributed by atoms with van der Waals surface area (Å²) in [4.78, 5) is 43.0. The summed E-state index contributed by atoms with van der Waals surface area (Å²) in [5, 5.41) is 3.28. The Kier molecular flexibility index (Phi) is 9.74. The van der Waals surface area contributed by atoms with Gasteiger partial charge in [0.1, 0.15) is 0 Å². The fraction of sp³-hybridized carbons (Fsp3) is 0.885. The summed E-state index contributed by atoms with van der Waals surface area (Å²) < 4.78 is 0. The summed E-state index contributed by atoms with van der Waals surface area (Å²) in [6, 6.07) is -0.741. The van der Waals surface area contributed by atoms with Crippen molar-refractivity contribution in [3.63, 3.8) is 0 Å². The van der Waals surface area contributed by atoms with E-state index in [4.69, 9.17) is 0 Å². The Bertz CT molecular complexity index is 659. The van der Waals surface area contributed by atoms with Crippen LogP contribution in [0.15, 0.2) is 0 Å². The number of rotatable bonds is 12. The maximum absolute atomic E-state index is 13.5. The summed E-state index contributed by atoms with van der Waals surface area (Å²) in [5.74, 6) is 0.174. The highest BCUT2D eigenvalue weighted by molar-refractivity contribution is 5.96. The minimum atomic E-state index is -0.376. The molecule has 2 heterocycles. The van der Waals surface area contributed by atoms with Crippen molar-refractivity contribution < 1.29 is 14.4 Å². The largest absolute Gasteiger partial charge is 0.333 e. The highest BCUT2D eigenvalue weighted by Gasteiger charge is 2.42. The molecule has 2 atom stereocenters. The molecule has 2 amide bonds. The van der Waals surface area contributed by atoms with Gasteiger partial charge in [0.25, 0.3) is 0 Å². The third-order valence-corrected chi connectivity index (χ3v) is 7.57. The van der Waals surface area contributed by atoms with Gasteiger partial charge >= 0.3 is 0 Å². The molecule has 1 N–H and O–H groups in total. The van der Waals surface area contributed by atoms with Crippen LogP contribution in [-0.4, -0.2) is 65.7 Å². The number of nitrogens with zero attached hydrogens (tertiary/aromatic N) is 2. The van der Waals surface area contributed by atoms with Crippen LogP contribution in [-0.2, 0) is 14.4 Å². The lowest BCUT2D eigenvalue weighted by molar-refractivity contribution is -0.143. The second-order valence-electron chi connectivity index (χ2n) is 11.4. The molecule has 0 radical (unpaired) electrons. The molecule has 2 fully saturated rings. The molecule has 0 bridgehead atoms. The average Bonchev–Trinajstić information content (AvgIpc) is 3.39. The number of nitrogens with one attached hydrogen (secondary N) is 1. The number of Topliss-reactive ketones (excluding diaryl/α,β-unsaturated/α-hetero) is 1. The molecule has 2 aliphatic rings. The molecule has 6 nitrogen and oxygen atoms in total. The Morgan fingerprint density at radius 1 is 0.844 bits per heavy atom. The van der Waals surface area contributed by atoms with E-state index in [1.54, 1.807) is 4.90 Å². The molecule has 0 aliphatic carbocycles. The third kappa shape index (κ3) is 7.29. The van der Waals surface area contributed by atoms with Gasteiger partial charge < -0.3 is 15.1 Å². The standard InChI is InChI=1S/C26H47N3O3/c1-7-13-26(5,6)18-22(30)28-16-9-11-20(28)24(32)21-12-10-17-29(21)23(31)19-27-15-14-25(3,4)8-2/h20-21,27H,7-19H2,1-6H3. The zero-order valence-electron chi connectivity index (χ0n) is 21.5. The summed E-state index contributed by atoms with van der Waals surface area (Å²) in [6.45, 7) is 15.5. The van der Waals surface area contributed by atoms with Crippen LogP contribution in [0.1, 0.15) is 99.3 Å². The first-order chi connectivity index (χ1) is 15.0. The van der Waals surface area contributed by atoms with Gasteiger partial charge in [0.15, 0.2) is 5.78 Å². The summed E-state index contributed by atoms with van der Waals surface area (Å²) >= 11 is 0. The predicted molar refractivity (Wildman–Crippen MR) is 129 cm³/mol. The number of carbonyl (C=O) groups is 3. The van der Waals surface area contributed by atoms with E-state index in [2.05, 4.69) is 46.9 Å². The molecule has 0 aromatic carbocycles. The van der Waals surface area contributed by atoms with Gasteiger partial charge in [-0.3, -0.25) is 14.4 Å². The average molecular weight is 450 g/mol. The molecule has 2 rings (SSSR count). The summed E-state index contributed by atoms with van der Waals surface area (Å²) in [7, 11) is 0. The van der Waals surface area contributed by atoms with E-state index in [0.717, 1.165) is 51.5 Å². The second-order valence-corrected chi connectivity index (χ2v) is 11.4. The van der Waals surface area contributed by atoms with Crippen LogP contribution < -0.4 is 5.32 Å². The number of ketones is 1. The van der Waals surface area contributed by atoms with Crippen molar-refractivity contribution >= 4 is 17.6 Å². The fourth-order valence-corrected chi connectivity index (χ4v) is 5.12. The molecule has 32 heavy (non-hydrogen) atoms. The van der Waals surface area contributed by atoms with Crippen molar-refractivity contribution in [3.05, 3.63) is 0 Å². The Morgan fingerprint density at radius 2 is 1.41 bits per heavy atom. The van der Waals surface area contributed by atoms with E-state index in [-0.39, 0.29) is 47.1 Å². The van der Waals surface area contributed by atoms with Crippen LogP contribution in [0.2, 0.25) is 0 Å². The van der Waals surface area contributed by atoms with Gasteiger partial charge in [0.2, 0.25) is 11.8 Å². The van der Waals surface area contributed by atoms with Crippen molar-refractivity contribution in [2.45, 2.75) is 111 Å². The Balaban J connectivity index is 1.94. The van der Waals surface area contributed by atoms with Crippen molar-refractivity contribution in [3.8, 4) is 0 Å². The smallest absolute Gasteiger partial charge is 0.237 e. The van der Waals surface area contributed by atoms with E-state index >= 15 is 0 Å². The van der Waals surface area contributed by atoms with Crippen molar-refractivity contribution in [2.24, 2.45) is 10.8 Å². The van der Waals surface area contributed by atoms with Crippen LogP contribution in [0.4, 0.5) is 0 Å². The van der Waals surface area contributed by atoms with Crippen LogP contribution in [0.3, 0.4) is 0 Å². The number of likely N-dealkylation sites (tertiary alicyclic amines) is 2. The first kappa shape index (κ1) is 26.8. The lowest BCUT2D eigenvalue weighted by Crippen LogP contribution is -2.51. The molecule has 0 aromatic rings. The van der Waals surface area contributed by atoms with Crippen molar-refractivity contribution in [2.75, 3.05) is 26.2 Å². The zero-order valence-corrected chi connectivity index (χ0v) is 21.5. The van der Waals surface area contributed by atoms with Gasteiger partial charge in [0, 0.05) is 19.5 Å². The molecule has 0 aromatic heterocycles. The minimum Gasteiger partial charge on any atom is -0.333 e. The molecule has 0 spiro atoms. The van der Waals surface area contributed by atoms with Crippen LogP contribution in [0.5, 0.6) is 0 Å². The molecular weight excluding hydrogens is 402 g/mol. The monoisotopic (exact) mass is 449 g/mol. The molecule has 2 unspecified atom stereocenters. The maximum atomic E-state index is 13.5. The lowest BCUT2D eigenvalue weighted by atomic mass is 9.84. The number of carbonyl (C=O) groups excluding carboxylic acids is 3. The van der Waals surface area contributed by atoms with Gasteiger partial charge in [-0.2, -0.15) is 0 Å². The van der Waals surface area contributed by atoms with E-state index in [9.17, 15) is 14.4 Å². The Labute approximate surface area is 195 Å². The van der Waals surface area contributed by atoms with E-state index in [0.29, 0.717) is 25.9 Å². The predicted octanol–water partition coefficient (Wildman–Crippen LogP) is 4.17. The van der Waals surface area contributed by atoms with E-state index in [1.165, 1.54) is 0 Å². The van der Waals surface area contributed by atoms with Gasteiger partial charge in [-0.25, -0.2) is 0 Å². The third-order valence-electron chi connectivity index (χ3n) is 7.57. The van der Waals surface area contributed by atoms with Gasteiger partial charge in [0.05, 0.1) is 18.6 Å². The van der Waals surface area contributed by atoms with E-state index in [1.807, 2.05) is 4.90 Å². The van der Waals surface area contributed by atoms with Crippen molar-refractivity contribution in [1.29, 1.82) is 0 Å². The molecular formula is C26H47N3O3. The van der Waals surface area contributed by atoms with Crippen LogP contribution in [0, 0.1) is 10.8 Å². The number of hydrogen-bond donors (Lipinski definition) is 1. The molecule has 2 saturated heterocycles. The molecule has 6 heteroatoms. The number of hydrogen-bond acceptors (Lipinski definition) is 4. The first-order valence-electron chi connectivity index (χ1n) is 12.8. The van der Waals surface area contributed by atoms with Gasteiger partial charge in [-0.05, 0) is 55.9 Å². The molecule has 0 saturated carbocycles. The fourth-order valence-electron chi connectivity index (χ4n) is 5.12. The quantitative estimate of drug-likeness (QED) is 0.454. The molecule has 184 valence electrons. The van der Waals surface area contributed by atoms with Crippen molar-refractivity contribution in [1.82, 2.24) is 15.1 Å². The summed E-state index contributed by atoms with van der Waals surface area (Å²) in [5.41, 5.74) is 0.224. The zero-order chi connectivity index (χ0) is 23.9.